The molecule has 0 fully saturated rings. The summed E-state index contributed by atoms with van der Waals surface area (Å²) in [5, 5.41) is -0.189. The second-order valence-electron chi connectivity index (χ2n) is 5.89. The first-order chi connectivity index (χ1) is 8.42. The van der Waals surface area contributed by atoms with Gasteiger partial charge in [0.05, 0.1) is 0 Å². The maximum absolute atomic E-state index is 10.5. The van der Waals surface area contributed by atoms with Crippen molar-refractivity contribution < 1.29 is 4.79 Å². The molecule has 0 amide bonds. The first-order valence-electron chi connectivity index (χ1n) is 7.24. The van der Waals surface area contributed by atoms with Gasteiger partial charge in [0.1, 0.15) is 0 Å². The topological polar surface area (TPSA) is 17.1 Å². The number of carbonyl (C=O) groups is 1. The van der Waals surface area contributed by atoms with Crippen molar-refractivity contribution in [1.29, 1.82) is 0 Å². The Morgan fingerprint density at radius 3 is 1.78 bits per heavy atom. The number of hydrogen-bond acceptors (Lipinski definition) is 2. The molecule has 0 saturated carbocycles. The van der Waals surface area contributed by atoms with Gasteiger partial charge in [-0.3, -0.25) is 4.79 Å². The first-order valence-corrected chi connectivity index (χ1v) is 8.60. The molecule has 0 radical (unpaired) electrons. The Morgan fingerprint density at radius 2 is 1.33 bits per heavy atom. The Morgan fingerprint density at radius 1 is 0.889 bits per heavy atom. The van der Waals surface area contributed by atoms with Crippen molar-refractivity contribution in [3.05, 3.63) is 0 Å². The van der Waals surface area contributed by atoms with Crippen LogP contribution in [0.5, 0.6) is 0 Å². The minimum Gasteiger partial charge on any atom is -0.281 e. The van der Waals surface area contributed by atoms with E-state index in [9.17, 15) is 4.79 Å². The van der Waals surface area contributed by atoms with Crippen LogP contribution in [0.25, 0.3) is 0 Å². The minimum atomic E-state index is -0.189. The van der Waals surface area contributed by atoms with Crippen LogP contribution in [0.3, 0.4) is 0 Å². The van der Waals surface area contributed by atoms with Crippen LogP contribution in [0.15, 0.2) is 0 Å². The highest BCUT2D eigenvalue weighted by atomic mass is 35.5. The molecule has 0 aromatic carbocycles. The Labute approximate surface area is 122 Å². The lowest BCUT2D eigenvalue weighted by atomic mass is 10.1. The summed E-state index contributed by atoms with van der Waals surface area (Å²) >= 11 is 7.35. The zero-order valence-electron chi connectivity index (χ0n) is 12.3. The Kier molecular flexibility index (Phi) is 11.4. The number of carbonyl (C=O) groups excluding carboxylic acids is 1. The normalized spacial score (nSPS) is 11.8. The third kappa shape index (κ3) is 16.3. The lowest BCUT2D eigenvalue weighted by Gasteiger charge is -2.17. The maximum atomic E-state index is 10.5. The first kappa shape index (κ1) is 18.3. The molecule has 0 aromatic rings. The number of rotatable bonds is 11. The monoisotopic (exact) mass is 292 g/mol. The quantitative estimate of drug-likeness (QED) is 0.354. The molecule has 0 saturated heterocycles. The van der Waals surface area contributed by atoms with E-state index in [0.717, 1.165) is 12.8 Å². The standard InChI is InChI=1S/C15H29ClOS/c1-15(2,3)18-13-11-9-7-5-4-6-8-10-12-14(16)17/h4-13H2,1-3H3. The van der Waals surface area contributed by atoms with E-state index < -0.39 is 0 Å². The second-order valence-corrected chi connectivity index (χ2v) is 8.24. The molecule has 0 spiro atoms. The van der Waals surface area contributed by atoms with Gasteiger partial charge < -0.3 is 0 Å². The number of halogens is 1. The molecule has 0 rings (SSSR count). The molecule has 0 atom stereocenters. The molecule has 0 aliphatic rings. The van der Waals surface area contributed by atoms with Gasteiger partial charge in [0.2, 0.25) is 5.24 Å². The van der Waals surface area contributed by atoms with Crippen molar-refractivity contribution in [2.45, 2.75) is 83.3 Å². The molecule has 108 valence electrons. The Hall–Kier alpha value is 0.310. The number of unbranched alkanes of at least 4 members (excludes halogenated alkanes) is 7. The third-order valence-corrected chi connectivity index (χ3v) is 4.35. The van der Waals surface area contributed by atoms with Gasteiger partial charge in [-0.05, 0) is 30.2 Å². The third-order valence-electron chi connectivity index (χ3n) is 2.80. The van der Waals surface area contributed by atoms with E-state index >= 15 is 0 Å². The van der Waals surface area contributed by atoms with E-state index in [0.29, 0.717) is 11.2 Å². The summed E-state index contributed by atoms with van der Waals surface area (Å²) in [7, 11) is 0. The van der Waals surface area contributed by atoms with Gasteiger partial charge in [0, 0.05) is 11.2 Å². The van der Waals surface area contributed by atoms with Crippen LogP contribution < -0.4 is 0 Å². The van der Waals surface area contributed by atoms with Crippen LogP contribution in [0.4, 0.5) is 0 Å². The average Bonchev–Trinajstić information content (AvgIpc) is 2.24. The van der Waals surface area contributed by atoms with Crippen LogP contribution in [0.1, 0.15) is 78.6 Å². The number of thioether (sulfide) groups is 1. The van der Waals surface area contributed by atoms with Gasteiger partial charge in [-0.15, -0.1) is 0 Å². The maximum Gasteiger partial charge on any atom is 0.221 e. The van der Waals surface area contributed by atoms with Gasteiger partial charge in [-0.2, -0.15) is 11.8 Å². The average molecular weight is 293 g/mol. The van der Waals surface area contributed by atoms with Crippen molar-refractivity contribution in [2.24, 2.45) is 0 Å². The van der Waals surface area contributed by atoms with Crippen LogP contribution in [-0.2, 0) is 4.79 Å². The molecule has 0 heterocycles. The van der Waals surface area contributed by atoms with Crippen molar-refractivity contribution in [1.82, 2.24) is 0 Å². The van der Waals surface area contributed by atoms with Crippen molar-refractivity contribution in [3.8, 4) is 0 Å². The summed E-state index contributed by atoms with van der Waals surface area (Å²) in [5.74, 6) is 1.29. The van der Waals surface area contributed by atoms with E-state index in [2.05, 4.69) is 32.5 Å². The Balaban J connectivity index is 3.06. The van der Waals surface area contributed by atoms with Gasteiger partial charge in [0.15, 0.2) is 0 Å². The Bertz CT molecular complexity index is 211. The van der Waals surface area contributed by atoms with Crippen LogP contribution in [0, 0.1) is 0 Å². The lowest BCUT2D eigenvalue weighted by molar-refractivity contribution is -0.111. The molecular weight excluding hydrogens is 264 g/mol. The number of hydrogen-bond donors (Lipinski definition) is 0. The van der Waals surface area contributed by atoms with Gasteiger partial charge in [-0.25, -0.2) is 0 Å². The van der Waals surface area contributed by atoms with Crippen molar-refractivity contribution in [2.75, 3.05) is 5.75 Å². The summed E-state index contributed by atoms with van der Waals surface area (Å²) in [4.78, 5) is 10.5. The SMILES string of the molecule is CC(C)(C)SCCCCCCCCCCC(=O)Cl. The van der Waals surface area contributed by atoms with Gasteiger partial charge >= 0.3 is 0 Å². The molecule has 0 aromatic heterocycles. The molecular formula is C15H29ClOS. The molecule has 0 bridgehead atoms. The molecule has 1 nitrogen and oxygen atoms in total. The van der Waals surface area contributed by atoms with Crippen LogP contribution in [0.2, 0.25) is 0 Å². The summed E-state index contributed by atoms with van der Waals surface area (Å²) in [6, 6.07) is 0. The molecule has 3 heteroatoms. The fourth-order valence-corrected chi connectivity index (χ4v) is 2.90. The second kappa shape index (κ2) is 11.2. The van der Waals surface area contributed by atoms with Gasteiger partial charge in [0.25, 0.3) is 0 Å². The van der Waals surface area contributed by atoms with Gasteiger partial charge in [-0.1, -0.05) is 59.3 Å². The fraction of sp³-hybridized carbons (Fsp3) is 0.933. The summed E-state index contributed by atoms with van der Waals surface area (Å²) in [6.45, 7) is 6.84. The zero-order valence-corrected chi connectivity index (χ0v) is 13.8. The summed E-state index contributed by atoms with van der Waals surface area (Å²) in [6.07, 6.45) is 10.6. The largest absolute Gasteiger partial charge is 0.281 e. The zero-order chi connectivity index (χ0) is 13.9. The molecule has 0 aliphatic heterocycles. The van der Waals surface area contributed by atoms with E-state index in [1.807, 2.05) is 0 Å². The molecule has 18 heavy (non-hydrogen) atoms. The predicted octanol–water partition coefficient (Wildman–Crippen LogP) is 5.79. The molecule has 0 unspecified atom stereocenters. The van der Waals surface area contributed by atoms with E-state index in [1.54, 1.807) is 0 Å². The predicted molar refractivity (Wildman–Crippen MR) is 84.6 cm³/mol. The molecule has 0 aliphatic carbocycles. The summed E-state index contributed by atoms with van der Waals surface area (Å²) in [5.41, 5.74) is 0. The molecule has 0 N–H and O–H groups in total. The van der Waals surface area contributed by atoms with E-state index in [4.69, 9.17) is 11.6 Å². The smallest absolute Gasteiger partial charge is 0.221 e. The summed E-state index contributed by atoms with van der Waals surface area (Å²) < 4.78 is 0.417. The van der Waals surface area contributed by atoms with E-state index in [-0.39, 0.29) is 5.24 Å². The highest BCUT2D eigenvalue weighted by Crippen LogP contribution is 2.24. The van der Waals surface area contributed by atoms with Crippen molar-refractivity contribution >= 4 is 28.6 Å². The lowest BCUT2D eigenvalue weighted by Crippen LogP contribution is -2.08. The van der Waals surface area contributed by atoms with Crippen LogP contribution in [-0.4, -0.2) is 15.7 Å². The highest BCUT2D eigenvalue weighted by Gasteiger charge is 2.08. The fourth-order valence-electron chi connectivity index (χ4n) is 1.81. The van der Waals surface area contributed by atoms with E-state index in [1.165, 1.54) is 44.3 Å². The van der Waals surface area contributed by atoms with Crippen molar-refractivity contribution in [3.63, 3.8) is 0 Å². The van der Waals surface area contributed by atoms with Crippen LogP contribution >= 0.6 is 23.4 Å². The highest BCUT2D eigenvalue weighted by molar-refractivity contribution is 8.00. The minimum absolute atomic E-state index is 0.189.